The molecule has 9 heteroatoms. The maximum absolute atomic E-state index is 12.4. The molecule has 0 unspecified atom stereocenters. The molecule has 0 aliphatic rings. The molecule has 0 saturated carbocycles. The summed E-state index contributed by atoms with van der Waals surface area (Å²) in [7, 11) is 3.38. The van der Waals surface area contributed by atoms with Gasteiger partial charge in [0.15, 0.2) is 5.96 Å². The lowest BCUT2D eigenvalue weighted by molar-refractivity contribution is -0.128. The van der Waals surface area contributed by atoms with Crippen LogP contribution in [0.3, 0.4) is 0 Å². The van der Waals surface area contributed by atoms with Crippen LogP contribution in [-0.2, 0) is 16.0 Å². The van der Waals surface area contributed by atoms with E-state index in [0.29, 0.717) is 25.5 Å². The van der Waals surface area contributed by atoms with E-state index >= 15 is 0 Å². The molecule has 2 amide bonds. The molecular formula is C21H36N6O3. The SMILES string of the molecule is CN=C(NCC(=O)N(C)CCc1ccccn1)NCC(C)(C)NC(=O)OC(C)(C)C. The third kappa shape index (κ3) is 10.6. The maximum atomic E-state index is 12.4. The Morgan fingerprint density at radius 3 is 2.43 bits per heavy atom. The van der Waals surface area contributed by atoms with Crippen molar-refractivity contribution in [1.29, 1.82) is 0 Å². The summed E-state index contributed by atoms with van der Waals surface area (Å²) in [6.07, 6.45) is 1.95. The molecule has 1 aromatic rings. The lowest BCUT2D eigenvalue weighted by Gasteiger charge is -2.29. The maximum Gasteiger partial charge on any atom is 0.408 e. The van der Waals surface area contributed by atoms with Crippen LogP contribution >= 0.6 is 0 Å². The second-order valence-corrected chi connectivity index (χ2v) is 8.68. The molecule has 1 rings (SSSR count). The number of aliphatic imine (C=N–C) groups is 1. The molecular weight excluding hydrogens is 384 g/mol. The van der Waals surface area contributed by atoms with Gasteiger partial charge in [-0.25, -0.2) is 4.79 Å². The second kappa shape index (κ2) is 11.4. The Morgan fingerprint density at radius 2 is 1.87 bits per heavy atom. The largest absolute Gasteiger partial charge is 0.444 e. The molecule has 0 aliphatic carbocycles. The lowest BCUT2D eigenvalue weighted by Crippen LogP contribution is -2.54. The van der Waals surface area contributed by atoms with Crippen LogP contribution in [0.1, 0.15) is 40.3 Å². The van der Waals surface area contributed by atoms with Crippen molar-refractivity contribution in [2.75, 3.05) is 33.7 Å². The first kappa shape index (κ1) is 25.2. The minimum absolute atomic E-state index is 0.0555. The highest BCUT2D eigenvalue weighted by molar-refractivity contribution is 5.86. The van der Waals surface area contributed by atoms with Gasteiger partial charge in [0.2, 0.25) is 5.91 Å². The number of pyridine rings is 1. The zero-order valence-electron chi connectivity index (χ0n) is 19.2. The highest BCUT2D eigenvalue weighted by Crippen LogP contribution is 2.09. The molecule has 0 aliphatic heterocycles. The number of hydrogen-bond donors (Lipinski definition) is 3. The molecule has 168 valence electrons. The number of aromatic nitrogens is 1. The number of amides is 2. The standard InChI is InChI=1S/C21H36N6O3/c1-20(2,3)30-19(29)26-21(4,5)15-25-18(22-6)24-14-17(28)27(7)13-11-16-10-8-9-12-23-16/h8-10,12H,11,13-15H2,1-7H3,(H,26,29)(H2,22,24,25). The zero-order chi connectivity index (χ0) is 22.8. The summed E-state index contributed by atoms with van der Waals surface area (Å²) >= 11 is 0. The number of alkyl carbamates (subject to hydrolysis) is 1. The summed E-state index contributed by atoms with van der Waals surface area (Å²) in [5, 5.41) is 8.94. The van der Waals surface area contributed by atoms with Gasteiger partial charge in [-0.15, -0.1) is 0 Å². The average molecular weight is 421 g/mol. The number of carbonyl (C=O) groups excluding carboxylic acids is 2. The molecule has 3 N–H and O–H groups in total. The first-order chi connectivity index (χ1) is 13.9. The Kier molecular flexibility index (Phi) is 9.55. The number of carbonyl (C=O) groups is 2. The molecule has 1 aromatic heterocycles. The first-order valence-electron chi connectivity index (χ1n) is 10.0. The fourth-order valence-electron chi connectivity index (χ4n) is 2.40. The minimum Gasteiger partial charge on any atom is -0.444 e. The Labute approximate surface area is 179 Å². The predicted molar refractivity (Wildman–Crippen MR) is 118 cm³/mol. The summed E-state index contributed by atoms with van der Waals surface area (Å²) in [4.78, 5) is 34.4. The van der Waals surface area contributed by atoms with E-state index in [1.54, 1.807) is 25.2 Å². The van der Waals surface area contributed by atoms with E-state index in [1.165, 1.54) is 0 Å². The Morgan fingerprint density at radius 1 is 1.17 bits per heavy atom. The number of nitrogens with one attached hydrogen (secondary N) is 3. The molecule has 0 atom stereocenters. The van der Waals surface area contributed by atoms with Crippen molar-refractivity contribution < 1.29 is 14.3 Å². The fourth-order valence-corrected chi connectivity index (χ4v) is 2.40. The van der Waals surface area contributed by atoms with E-state index in [1.807, 2.05) is 52.8 Å². The van der Waals surface area contributed by atoms with Crippen molar-refractivity contribution in [2.24, 2.45) is 4.99 Å². The molecule has 0 saturated heterocycles. The Bertz CT molecular complexity index is 713. The highest BCUT2D eigenvalue weighted by atomic mass is 16.6. The van der Waals surface area contributed by atoms with E-state index in [9.17, 15) is 9.59 Å². The van der Waals surface area contributed by atoms with Crippen LogP contribution in [0, 0.1) is 0 Å². The normalized spacial score (nSPS) is 12.2. The number of nitrogens with zero attached hydrogens (tertiary/aromatic N) is 3. The van der Waals surface area contributed by atoms with E-state index < -0.39 is 17.2 Å². The van der Waals surface area contributed by atoms with Gasteiger partial charge in [-0.2, -0.15) is 0 Å². The molecule has 0 aromatic carbocycles. The summed E-state index contributed by atoms with van der Waals surface area (Å²) in [6.45, 7) is 10.3. The van der Waals surface area contributed by atoms with Gasteiger partial charge >= 0.3 is 6.09 Å². The van der Waals surface area contributed by atoms with Crippen LogP contribution in [0.25, 0.3) is 0 Å². The third-order valence-corrected chi connectivity index (χ3v) is 4.02. The van der Waals surface area contributed by atoms with Gasteiger partial charge in [0.05, 0.1) is 12.1 Å². The highest BCUT2D eigenvalue weighted by Gasteiger charge is 2.24. The minimum atomic E-state index is -0.580. The Balaban J connectivity index is 2.40. The predicted octanol–water partition coefficient (Wildman–Crippen LogP) is 1.55. The summed E-state index contributed by atoms with van der Waals surface area (Å²) in [6, 6.07) is 5.74. The summed E-state index contributed by atoms with van der Waals surface area (Å²) in [5.74, 6) is 0.417. The monoisotopic (exact) mass is 420 g/mol. The van der Waals surface area contributed by atoms with Crippen molar-refractivity contribution in [3.63, 3.8) is 0 Å². The number of likely N-dealkylation sites (N-methyl/N-ethyl adjacent to an activating group) is 1. The Hall–Kier alpha value is -2.84. The summed E-state index contributed by atoms with van der Waals surface area (Å²) < 4.78 is 5.29. The smallest absolute Gasteiger partial charge is 0.408 e. The van der Waals surface area contributed by atoms with Gasteiger partial charge in [-0.3, -0.25) is 14.8 Å². The van der Waals surface area contributed by atoms with E-state index in [2.05, 4.69) is 25.9 Å². The number of ether oxygens (including phenoxy) is 1. The molecule has 0 bridgehead atoms. The van der Waals surface area contributed by atoms with Crippen LogP contribution < -0.4 is 16.0 Å². The van der Waals surface area contributed by atoms with Gasteiger partial charge in [-0.1, -0.05) is 6.07 Å². The van der Waals surface area contributed by atoms with Crippen LogP contribution in [0.2, 0.25) is 0 Å². The van der Waals surface area contributed by atoms with Crippen molar-refractivity contribution in [2.45, 2.75) is 52.2 Å². The topological polar surface area (TPSA) is 108 Å². The van der Waals surface area contributed by atoms with E-state index in [0.717, 1.165) is 5.69 Å². The van der Waals surface area contributed by atoms with Gasteiger partial charge in [0.1, 0.15) is 5.60 Å². The fraction of sp³-hybridized carbons (Fsp3) is 0.619. The van der Waals surface area contributed by atoms with Crippen LogP contribution in [0.4, 0.5) is 4.79 Å². The van der Waals surface area contributed by atoms with Gasteiger partial charge in [0.25, 0.3) is 0 Å². The number of hydrogen-bond acceptors (Lipinski definition) is 5. The van der Waals surface area contributed by atoms with Crippen LogP contribution in [0.15, 0.2) is 29.4 Å². The average Bonchev–Trinajstić information content (AvgIpc) is 2.64. The van der Waals surface area contributed by atoms with Gasteiger partial charge in [-0.05, 0) is 46.8 Å². The number of rotatable bonds is 8. The molecule has 30 heavy (non-hydrogen) atoms. The van der Waals surface area contributed by atoms with Gasteiger partial charge in [0, 0.05) is 45.5 Å². The van der Waals surface area contributed by atoms with Crippen molar-refractivity contribution in [3.8, 4) is 0 Å². The molecule has 0 spiro atoms. The van der Waals surface area contributed by atoms with Crippen molar-refractivity contribution in [3.05, 3.63) is 30.1 Å². The second-order valence-electron chi connectivity index (χ2n) is 8.68. The lowest BCUT2D eigenvalue weighted by atomic mass is 10.1. The zero-order valence-corrected chi connectivity index (χ0v) is 19.2. The van der Waals surface area contributed by atoms with E-state index in [-0.39, 0.29) is 12.5 Å². The quantitative estimate of drug-likeness (QED) is 0.435. The van der Waals surface area contributed by atoms with E-state index in [4.69, 9.17) is 4.74 Å². The van der Waals surface area contributed by atoms with Crippen LogP contribution in [0.5, 0.6) is 0 Å². The van der Waals surface area contributed by atoms with Crippen molar-refractivity contribution >= 4 is 18.0 Å². The summed E-state index contributed by atoms with van der Waals surface area (Å²) in [5.41, 5.74) is -0.195. The van der Waals surface area contributed by atoms with Crippen LogP contribution in [-0.4, -0.2) is 72.7 Å². The number of guanidine groups is 1. The van der Waals surface area contributed by atoms with Crippen molar-refractivity contribution in [1.82, 2.24) is 25.8 Å². The molecule has 0 fully saturated rings. The molecule has 0 radical (unpaired) electrons. The van der Waals surface area contributed by atoms with Gasteiger partial charge < -0.3 is 25.6 Å². The molecule has 9 nitrogen and oxygen atoms in total. The molecule has 1 heterocycles. The first-order valence-corrected chi connectivity index (χ1v) is 10.0. The third-order valence-electron chi connectivity index (χ3n) is 4.02.